The Morgan fingerprint density at radius 3 is 2.17 bits per heavy atom. The van der Waals surface area contributed by atoms with Gasteiger partial charge in [0.2, 0.25) is 9.74 Å². The maximum absolute atomic E-state index is 14.5. The molecule has 3 N–H and O–H groups in total. The minimum absolute atomic E-state index is 0.190. The third-order valence-corrected chi connectivity index (χ3v) is 19.9. The van der Waals surface area contributed by atoms with E-state index in [1.165, 1.54) is 67.7 Å². The van der Waals surface area contributed by atoms with Crippen LogP contribution in [0.1, 0.15) is 17.5 Å². The number of hydrogen-bond donors (Lipinski definition) is 3. The van der Waals surface area contributed by atoms with E-state index in [-0.39, 0.29) is 36.5 Å². The number of benzene rings is 2. The summed E-state index contributed by atoms with van der Waals surface area (Å²) in [6.45, 7) is -1.01. The van der Waals surface area contributed by atoms with Crippen molar-refractivity contribution in [3.63, 3.8) is 0 Å². The molecule has 0 aliphatic carbocycles. The van der Waals surface area contributed by atoms with Crippen LogP contribution in [0.15, 0.2) is 54.7 Å². The zero-order chi connectivity index (χ0) is 33.6. The molecule has 8 aliphatic rings. The Morgan fingerprint density at radius 1 is 0.771 bits per heavy atom. The molecule has 0 unspecified atom stereocenters. The van der Waals surface area contributed by atoms with E-state index in [0.717, 1.165) is 27.7 Å². The number of para-hydroxylation sites is 2. The number of anilines is 1. The standard InChI is InChI=1S/C31H30N6O6S5/c1-33-25(42)30(15-38)34(2)23(40)28(33,46-48-47-30)12-17-13-36(21-11-7-4-8-18(17)21)27-14-29-24(41)35(3)31(16-39,45-44-29)26(43)37(29)22(27)32-20-10-6-5-9-19(20)27/h4-11,13,22,32,38-39H,12,14-16H2,1-3H3/t22-,27+,28+,29+,30+,31+/m1/s1. The SMILES string of the molecule is CN1C(=O)[C@]2(Cc3cn([C@]45C[C@@]67SS[C@@](CO)(C(=O)N6[C@H]4Nc4ccccc45)N(C)C7=O)c4ccccc34)SSS[C@@]1(CO)C(=O)N2C. The number of hydrogen-bond acceptors (Lipinski definition) is 12. The van der Waals surface area contributed by atoms with Crippen LogP contribution < -0.4 is 5.32 Å². The van der Waals surface area contributed by atoms with Crippen LogP contribution >= 0.6 is 53.0 Å². The quantitative estimate of drug-likeness (QED) is 0.332. The number of piperazine rings is 2. The van der Waals surface area contributed by atoms with Gasteiger partial charge in [-0.1, -0.05) is 47.2 Å². The highest BCUT2D eigenvalue weighted by Crippen LogP contribution is 2.69. The third-order valence-electron chi connectivity index (χ3n) is 11.1. The van der Waals surface area contributed by atoms with Gasteiger partial charge in [-0.2, -0.15) is 0 Å². The number of nitrogens with zero attached hydrogens (tertiary/aromatic N) is 5. The molecule has 0 saturated carbocycles. The third kappa shape index (κ3) is 3.30. The molecule has 4 amide bonds. The Morgan fingerprint density at radius 2 is 1.40 bits per heavy atom. The normalized spacial score (nSPS) is 36.6. The lowest BCUT2D eigenvalue weighted by molar-refractivity contribution is -0.166. The fraction of sp³-hybridized carbons (Fsp3) is 0.419. The topological polar surface area (TPSA) is 139 Å². The van der Waals surface area contributed by atoms with Gasteiger partial charge in [0.25, 0.3) is 23.6 Å². The van der Waals surface area contributed by atoms with Crippen molar-refractivity contribution in [2.24, 2.45) is 0 Å². The van der Waals surface area contributed by atoms with Crippen LogP contribution in [0.25, 0.3) is 10.9 Å². The fourth-order valence-corrected chi connectivity index (χ4v) is 18.0. The second-order valence-electron chi connectivity index (χ2n) is 13.0. The summed E-state index contributed by atoms with van der Waals surface area (Å²) < 4.78 is 2.16. The highest BCUT2D eigenvalue weighted by atomic mass is 33.5. The van der Waals surface area contributed by atoms with Gasteiger partial charge < -0.3 is 34.8 Å². The van der Waals surface area contributed by atoms with Gasteiger partial charge in [0.15, 0.2) is 9.74 Å². The molecule has 12 nitrogen and oxygen atoms in total. The van der Waals surface area contributed by atoms with Crippen molar-refractivity contribution in [2.45, 2.75) is 44.0 Å². The summed E-state index contributed by atoms with van der Waals surface area (Å²) in [7, 11) is 11.2. The van der Waals surface area contributed by atoms with Crippen molar-refractivity contribution >= 4 is 93.2 Å². The molecule has 3 aromatic rings. The Balaban J connectivity index is 1.25. The second-order valence-corrected chi connectivity index (χ2v) is 20.2. The Hall–Kier alpha value is -2.67. The molecule has 9 heterocycles. The van der Waals surface area contributed by atoms with Crippen molar-refractivity contribution in [2.75, 3.05) is 39.7 Å². The van der Waals surface area contributed by atoms with E-state index in [1.54, 1.807) is 26.0 Å². The molecule has 8 aliphatic heterocycles. The van der Waals surface area contributed by atoms with Crippen LogP contribution in [0, 0.1) is 0 Å². The number of likely N-dealkylation sites (N-methyl/N-ethyl adjacent to an activating group) is 3. The van der Waals surface area contributed by atoms with Crippen LogP contribution in [0.2, 0.25) is 0 Å². The maximum atomic E-state index is 14.5. The lowest BCUT2D eigenvalue weighted by Crippen LogP contribution is -2.77. The first-order valence-corrected chi connectivity index (χ1v) is 20.9. The molecule has 11 rings (SSSR count). The van der Waals surface area contributed by atoms with Crippen molar-refractivity contribution < 1.29 is 29.4 Å². The minimum Gasteiger partial charge on any atom is -0.392 e. The minimum atomic E-state index is -1.43. The van der Waals surface area contributed by atoms with Gasteiger partial charge in [-0.25, -0.2) is 0 Å². The van der Waals surface area contributed by atoms with E-state index >= 15 is 0 Å². The van der Waals surface area contributed by atoms with Gasteiger partial charge >= 0.3 is 0 Å². The van der Waals surface area contributed by atoms with Crippen LogP contribution in [-0.2, 0) is 31.1 Å². The summed E-state index contributed by atoms with van der Waals surface area (Å²) in [5, 5.41) is 25.4. The number of carbonyl (C=O) groups is 4. The number of carbonyl (C=O) groups excluding carboxylic acids is 4. The number of rotatable bonds is 5. The summed E-state index contributed by atoms with van der Waals surface area (Å²) in [6, 6.07) is 15.8. The van der Waals surface area contributed by atoms with E-state index < -0.39 is 44.4 Å². The average Bonchev–Trinajstić information content (AvgIpc) is 3.68. The molecule has 7 saturated heterocycles. The molecule has 1 spiro atoms. The summed E-state index contributed by atoms with van der Waals surface area (Å²) in [6.07, 6.45) is 1.83. The Kier molecular flexibility index (Phi) is 6.51. The van der Waals surface area contributed by atoms with Gasteiger partial charge in [0.05, 0.1) is 13.2 Å². The number of aromatic nitrogens is 1. The monoisotopic (exact) mass is 742 g/mol. The first-order valence-electron chi connectivity index (χ1n) is 15.3. The summed E-state index contributed by atoms with van der Waals surface area (Å²) in [4.78, 5) is 57.5. The first-order chi connectivity index (χ1) is 23.0. The molecular weight excluding hydrogens is 713 g/mol. The van der Waals surface area contributed by atoms with Gasteiger partial charge in [-0.3, -0.25) is 24.1 Å². The van der Waals surface area contributed by atoms with E-state index in [1.807, 2.05) is 54.7 Å². The predicted molar refractivity (Wildman–Crippen MR) is 189 cm³/mol. The molecule has 7 fully saturated rings. The van der Waals surface area contributed by atoms with Crippen molar-refractivity contribution in [1.29, 1.82) is 0 Å². The Labute approximate surface area is 294 Å². The zero-order valence-electron chi connectivity index (χ0n) is 25.9. The number of fused-ring (bicyclic) bond motifs is 10. The van der Waals surface area contributed by atoms with Crippen LogP contribution in [-0.4, -0.2) is 118 Å². The van der Waals surface area contributed by atoms with E-state index in [2.05, 4.69) is 9.88 Å². The molecule has 0 radical (unpaired) electrons. The van der Waals surface area contributed by atoms with Crippen LogP contribution in [0.3, 0.4) is 0 Å². The van der Waals surface area contributed by atoms with Crippen LogP contribution in [0.5, 0.6) is 0 Å². The Bertz CT molecular complexity index is 2000. The fourth-order valence-electron chi connectivity index (χ4n) is 8.48. The maximum Gasteiger partial charge on any atom is 0.265 e. The molecule has 48 heavy (non-hydrogen) atoms. The molecule has 2 aromatic carbocycles. The van der Waals surface area contributed by atoms with Crippen molar-refractivity contribution in [3.05, 3.63) is 65.9 Å². The smallest absolute Gasteiger partial charge is 0.265 e. The highest BCUT2D eigenvalue weighted by molar-refractivity contribution is 9.10. The van der Waals surface area contributed by atoms with E-state index in [9.17, 15) is 29.4 Å². The molecule has 1 aromatic heterocycles. The number of aliphatic hydroxyl groups is 2. The van der Waals surface area contributed by atoms with Gasteiger partial charge in [0, 0.05) is 62.3 Å². The summed E-state index contributed by atoms with van der Waals surface area (Å²) in [5.74, 6) is -1.14. The van der Waals surface area contributed by atoms with Crippen LogP contribution in [0.4, 0.5) is 5.69 Å². The average molecular weight is 743 g/mol. The largest absolute Gasteiger partial charge is 0.392 e. The molecule has 250 valence electrons. The van der Waals surface area contributed by atoms with E-state index in [4.69, 9.17) is 0 Å². The first kappa shape index (κ1) is 31.3. The van der Waals surface area contributed by atoms with Gasteiger partial charge in [-0.05, 0) is 59.9 Å². The highest BCUT2D eigenvalue weighted by Gasteiger charge is 2.78. The van der Waals surface area contributed by atoms with E-state index in [0.29, 0.717) is 0 Å². The van der Waals surface area contributed by atoms with Gasteiger partial charge in [-0.15, -0.1) is 0 Å². The van der Waals surface area contributed by atoms with Crippen molar-refractivity contribution in [1.82, 2.24) is 24.2 Å². The zero-order valence-corrected chi connectivity index (χ0v) is 30.0. The van der Waals surface area contributed by atoms with Crippen molar-refractivity contribution in [3.8, 4) is 0 Å². The lowest BCUT2D eigenvalue weighted by Gasteiger charge is -2.57. The molecule has 4 bridgehead atoms. The second kappa shape index (κ2) is 9.98. The molecule has 6 atom stereocenters. The lowest BCUT2D eigenvalue weighted by atomic mass is 9.86. The summed E-state index contributed by atoms with van der Waals surface area (Å²) in [5.41, 5.74) is 2.53. The van der Waals surface area contributed by atoms with Gasteiger partial charge in [0.1, 0.15) is 11.7 Å². The molecule has 17 heteroatoms. The number of amides is 4. The number of nitrogens with one attached hydrogen (secondary N) is 1. The number of aliphatic hydroxyl groups excluding tert-OH is 2. The molecular formula is C31H30N6O6S5. The summed E-state index contributed by atoms with van der Waals surface area (Å²) >= 11 is 0. The predicted octanol–water partition coefficient (Wildman–Crippen LogP) is 2.52.